The van der Waals surface area contributed by atoms with Gasteiger partial charge in [0.25, 0.3) is 12.9 Å². The summed E-state index contributed by atoms with van der Waals surface area (Å²) in [4.78, 5) is 0. The van der Waals surface area contributed by atoms with E-state index in [-0.39, 0.29) is 0 Å². The van der Waals surface area contributed by atoms with E-state index in [9.17, 15) is 52.7 Å². The molecule has 0 aliphatic heterocycles. The van der Waals surface area contributed by atoms with Crippen molar-refractivity contribution in [1.29, 1.82) is 0 Å². The maximum Gasteiger partial charge on any atom is 0.338 e. The summed E-state index contributed by atoms with van der Waals surface area (Å²) in [5, 5.41) is 0. The summed E-state index contributed by atoms with van der Waals surface area (Å²) < 4.78 is 149. The quantitative estimate of drug-likeness (QED) is 0.602. The fraction of sp³-hybridized carbons (Fsp3) is 1.00. The number of hydrogen-bond acceptors (Lipinski definition) is 1. The highest BCUT2D eigenvalue weighted by atomic mass is 19.3. The van der Waals surface area contributed by atoms with E-state index >= 15 is 0 Å². The van der Waals surface area contributed by atoms with Crippen molar-refractivity contribution < 1.29 is 57.4 Å². The van der Waals surface area contributed by atoms with Crippen LogP contribution in [0.25, 0.3) is 0 Å². The van der Waals surface area contributed by atoms with Gasteiger partial charge in [0.15, 0.2) is 12.2 Å². The fourth-order valence-corrected chi connectivity index (χ4v) is 1.04. The lowest BCUT2D eigenvalue weighted by Crippen LogP contribution is -2.55. The summed E-state index contributed by atoms with van der Waals surface area (Å²) in [6, 6.07) is 0. The first-order valence-electron chi connectivity index (χ1n) is 4.79. The molecule has 0 heterocycles. The standard InChI is InChI=1S/C8H6F12O/c9-3(10)1(7(17,18)5(13)14)21-2(4(11)12)8(19,20)6(15)16/h1-6H/t1-,2+. The van der Waals surface area contributed by atoms with Crippen LogP contribution in [0.5, 0.6) is 0 Å². The van der Waals surface area contributed by atoms with Gasteiger partial charge in [0, 0.05) is 0 Å². The smallest absolute Gasteiger partial charge is 0.338 e. The first-order chi connectivity index (χ1) is 9.26. The maximum atomic E-state index is 12.6. The zero-order valence-corrected chi connectivity index (χ0v) is 9.41. The van der Waals surface area contributed by atoms with E-state index in [0.29, 0.717) is 0 Å². The van der Waals surface area contributed by atoms with Gasteiger partial charge in [-0.05, 0) is 0 Å². The van der Waals surface area contributed by atoms with Crippen LogP contribution in [0.2, 0.25) is 0 Å². The third kappa shape index (κ3) is 4.54. The van der Waals surface area contributed by atoms with Crippen LogP contribution in [0.1, 0.15) is 0 Å². The van der Waals surface area contributed by atoms with Crippen LogP contribution in [0.15, 0.2) is 0 Å². The summed E-state index contributed by atoms with van der Waals surface area (Å²) in [6.07, 6.45) is -27.8. The topological polar surface area (TPSA) is 9.23 Å². The van der Waals surface area contributed by atoms with Crippen molar-refractivity contribution in [2.45, 2.75) is 49.8 Å². The van der Waals surface area contributed by atoms with Gasteiger partial charge in [-0.2, -0.15) is 17.6 Å². The molecule has 0 aromatic rings. The summed E-state index contributed by atoms with van der Waals surface area (Å²) in [5.41, 5.74) is 0. The number of hydrogen-bond donors (Lipinski definition) is 0. The highest BCUT2D eigenvalue weighted by Gasteiger charge is 2.61. The highest BCUT2D eigenvalue weighted by Crippen LogP contribution is 2.38. The Labute approximate surface area is 108 Å². The minimum Gasteiger partial charge on any atom is -0.350 e. The van der Waals surface area contributed by atoms with Gasteiger partial charge in [0.05, 0.1) is 0 Å². The highest BCUT2D eigenvalue weighted by molar-refractivity contribution is 4.89. The lowest BCUT2D eigenvalue weighted by atomic mass is 10.1. The second-order valence-corrected chi connectivity index (χ2v) is 3.60. The fourth-order valence-electron chi connectivity index (χ4n) is 1.04. The van der Waals surface area contributed by atoms with Gasteiger partial charge in [-0.1, -0.05) is 0 Å². The molecule has 0 aromatic carbocycles. The van der Waals surface area contributed by atoms with Gasteiger partial charge in [0.2, 0.25) is 0 Å². The van der Waals surface area contributed by atoms with E-state index in [4.69, 9.17) is 0 Å². The molecule has 0 unspecified atom stereocenters. The maximum absolute atomic E-state index is 12.6. The zero-order chi connectivity index (χ0) is 17.2. The van der Waals surface area contributed by atoms with E-state index in [1.165, 1.54) is 0 Å². The van der Waals surface area contributed by atoms with Crippen LogP contribution in [0, 0.1) is 0 Å². The molecule has 2 atom stereocenters. The minimum atomic E-state index is -5.81. The molecule has 0 aromatic heterocycles. The van der Waals surface area contributed by atoms with Crippen LogP contribution in [-0.2, 0) is 4.74 Å². The Morgan fingerprint density at radius 3 is 0.905 bits per heavy atom. The van der Waals surface area contributed by atoms with Crippen LogP contribution >= 0.6 is 0 Å². The molecule has 13 heteroatoms. The Morgan fingerprint density at radius 2 is 0.762 bits per heavy atom. The number of rotatable bonds is 8. The van der Waals surface area contributed by atoms with Gasteiger partial charge in [0.1, 0.15) is 0 Å². The number of alkyl halides is 12. The van der Waals surface area contributed by atoms with Gasteiger partial charge in [-0.15, -0.1) is 0 Å². The molecule has 0 radical (unpaired) electrons. The second kappa shape index (κ2) is 6.92. The SMILES string of the molecule is FC(F)[C@@H](O[C@@H](C(F)F)C(F)(F)C(F)F)C(F)(F)C(F)F. The Kier molecular flexibility index (Phi) is 6.63. The molecule has 0 amide bonds. The minimum absolute atomic E-state index is 2.87. The third-order valence-corrected chi connectivity index (χ3v) is 2.09. The molecule has 0 saturated heterocycles. The van der Waals surface area contributed by atoms with E-state index in [1.54, 1.807) is 0 Å². The first-order valence-corrected chi connectivity index (χ1v) is 4.79. The van der Waals surface area contributed by atoms with Crippen LogP contribution in [-0.4, -0.2) is 49.8 Å². The van der Waals surface area contributed by atoms with E-state index in [2.05, 4.69) is 4.74 Å². The van der Waals surface area contributed by atoms with Crippen molar-refractivity contribution in [3.05, 3.63) is 0 Å². The molecule has 21 heavy (non-hydrogen) atoms. The average Bonchev–Trinajstić information content (AvgIpc) is 2.26. The van der Waals surface area contributed by atoms with Gasteiger partial charge >= 0.3 is 24.7 Å². The predicted octanol–water partition coefficient (Wildman–Crippen LogP) is 4.07. The Bertz CT molecular complexity index is 286. The molecule has 1 nitrogen and oxygen atoms in total. The van der Waals surface area contributed by atoms with Crippen molar-refractivity contribution in [2.24, 2.45) is 0 Å². The summed E-state index contributed by atoms with van der Waals surface area (Å²) in [6.45, 7) is 0. The van der Waals surface area contributed by atoms with Crippen molar-refractivity contribution in [1.82, 2.24) is 0 Å². The Balaban J connectivity index is 5.48. The van der Waals surface area contributed by atoms with Crippen molar-refractivity contribution in [2.75, 3.05) is 0 Å². The lowest BCUT2D eigenvalue weighted by molar-refractivity contribution is -0.307. The summed E-state index contributed by atoms with van der Waals surface area (Å²) >= 11 is 0. The zero-order valence-electron chi connectivity index (χ0n) is 9.41. The molecular formula is C8H6F12O. The van der Waals surface area contributed by atoms with Crippen LogP contribution < -0.4 is 0 Å². The van der Waals surface area contributed by atoms with Crippen molar-refractivity contribution in [3.63, 3.8) is 0 Å². The van der Waals surface area contributed by atoms with Gasteiger partial charge in [-0.25, -0.2) is 35.1 Å². The van der Waals surface area contributed by atoms with E-state index < -0.39 is 49.8 Å². The first kappa shape index (κ1) is 20.1. The van der Waals surface area contributed by atoms with E-state index in [0.717, 1.165) is 0 Å². The molecule has 0 fully saturated rings. The summed E-state index contributed by atoms with van der Waals surface area (Å²) in [7, 11) is 0. The molecule has 0 spiro atoms. The molecule has 128 valence electrons. The number of ether oxygens (including phenoxy) is 1. The molecule has 0 rings (SSSR count). The van der Waals surface area contributed by atoms with Gasteiger partial charge < -0.3 is 4.74 Å². The Hall–Kier alpha value is -0.880. The molecule has 0 aliphatic rings. The number of halogens is 12. The molecule has 0 saturated carbocycles. The monoisotopic (exact) mass is 346 g/mol. The molecule has 0 aliphatic carbocycles. The molecular weight excluding hydrogens is 340 g/mol. The normalized spacial score (nSPS) is 17.1. The molecule has 0 bridgehead atoms. The largest absolute Gasteiger partial charge is 0.350 e. The summed E-state index contributed by atoms with van der Waals surface area (Å²) in [5.74, 6) is -11.6. The third-order valence-electron chi connectivity index (χ3n) is 2.09. The van der Waals surface area contributed by atoms with E-state index in [1.807, 2.05) is 0 Å². The predicted molar refractivity (Wildman–Crippen MR) is 42.6 cm³/mol. The van der Waals surface area contributed by atoms with Crippen molar-refractivity contribution >= 4 is 0 Å². The average molecular weight is 346 g/mol. The molecule has 0 N–H and O–H groups in total. The lowest BCUT2D eigenvalue weighted by Gasteiger charge is -2.32. The second-order valence-electron chi connectivity index (χ2n) is 3.60. The van der Waals surface area contributed by atoms with Crippen molar-refractivity contribution in [3.8, 4) is 0 Å². The Morgan fingerprint density at radius 1 is 0.524 bits per heavy atom. The van der Waals surface area contributed by atoms with Crippen LogP contribution in [0.3, 0.4) is 0 Å². The van der Waals surface area contributed by atoms with Crippen LogP contribution in [0.4, 0.5) is 52.7 Å². The van der Waals surface area contributed by atoms with Gasteiger partial charge in [-0.3, -0.25) is 0 Å².